The van der Waals surface area contributed by atoms with Crippen molar-refractivity contribution in [2.45, 2.75) is 27.3 Å². The minimum Gasteiger partial charge on any atom is -0.396 e. The largest absolute Gasteiger partial charge is 0.396 e. The molecule has 0 bridgehead atoms. The highest BCUT2D eigenvalue weighted by atomic mass is 16.6. The van der Waals surface area contributed by atoms with Crippen molar-refractivity contribution in [3.63, 3.8) is 0 Å². The number of nitro groups is 1. The number of rotatable bonds is 6. The Morgan fingerprint density at radius 3 is 2.67 bits per heavy atom. The lowest BCUT2D eigenvalue weighted by molar-refractivity contribution is -0.385. The van der Waals surface area contributed by atoms with Gasteiger partial charge in [0.2, 0.25) is 0 Å². The molecule has 0 fully saturated rings. The summed E-state index contributed by atoms with van der Waals surface area (Å²) in [5, 5.41) is 23.1. The second-order valence-electron chi connectivity index (χ2n) is 5.30. The van der Waals surface area contributed by atoms with Gasteiger partial charge >= 0.3 is 0 Å². The minimum atomic E-state index is -0.365. The van der Waals surface area contributed by atoms with Gasteiger partial charge in [-0.1, -0.05) is 26.0 Å². The standard InChI is InChI=1S/C13H20N2O3/c1-10-4-5-11(6-12(10)15(17)18)7-14-8-13(2,3)9-16/h4-6,14,16H,7-9H2,1-3H3. The zero-order valence-corrected chi connectivity index (χ0v) is 11.1. The number of hydrogen-bond donors (Lipinski definition) is 2. The van der Waals surface area contributed by atoms with Crippen molar-refractivity contribution in [3.8, 4) is 0 Å². The third-order valence-corrected chi connectivity index (χ3v) is 2.83. The van der Waals surface area contributed by atoms with Crippen LogP contribution >= 0.6 is 0 Å². The highest BCUT2D eigenvalue weighted by molar-refractivity contribution is 5.42. The molecule has 0 saturated carbocycles. The number of hydrogen-bond acceptors (Lipinski definition) is 4. The summed E-state index contributed by atoms with van der Waals surface area (Å²) < 4.78 is 0. The van der Waals surface area contributed by atoms with Crippen molar-refractivity contribution in [1.82, 2.24) is 5.32 Å². The quantitative estimate of drug-likeness (QED) is 0.600. The van der Waals surface area contributed by atoms with Crippen molar-refractivity contribution < 1.29 is 10.0 Å². The average Bonchev–Trinajstić information content (AvgIpc) is 2.31. The molecule has 0 atom stereocenters. The van der Waals surface area contributed by atoms with Gasteiger partial charge in [-0.05, 0) is 12.5 Å². The van der Waals surface area contributed by atoms with Crippen molar-refractivity contribution in [3.05, 3.63) is 39.4 Å². The van der Waals surface area contributed by atoms with Gasteiger partial charge in [-0.25, -0.2) is 0 Å². The zero-order valence-electron chi connectivity index (χ0n) is 11.1. The van der Waals surface area contributed by atoms with Gasteiger partial charge in [0, 0.05) is 36.7 Å². The Labute approximate surface area is 107 Å². The number of benzene rings is 1. The van der Waals surface area contributed by atoms with Gasteiger partial charge < -0.3 is 10.4 Å². The second kappa shape index (κ2) is 5.93. The average molecular weight is 252 g/mol. The zero-order chi connectivity index (χ0) is 13.8. The van der Waals surface area contributed by atoms with Gasteiger partial charge in [0.1, 0.15) is 0 Å². The summed E-state index contributed by atoms with van der Waals surface area (Å²) in [6.07, 6.45) is 0. The molecule has 0 spiro atoms. The molecular formula is C13H20N2O3. The Balaban J connectivity index is 2.64. The highest BCUT2D eigenvalue weighted by Crippen LogP contribution is 2.19. The SMILES string of the molecule is Cc1ccc(CNCC(C)(C)CO)cc1[N+](=O)[O-]. The number of nitro benzene ring substituents is 1. The summed E-state index contributed by atoms with van der Waals surface area (Å²) in [7, 11) is 0. The maximum atomic E-state index is 10.8. The normalized spacial score (nSPS) is 11.6. The highest BCUT2D eigenvalue weighted by Gasteiger charge is 2.16. The Kier molecular flexibility index (Phi) is 4.81. The van der Waals surface area contributed by atoms with Crippen LogP contribution in [0.3, 0.4) is 0 Å². The van der Waals surface area contributed by atoms with E-state index < -0.39 is 0 Å². The van der Waals surface area contributed by atoms with E-state index >= 15 is 0 Å². The molecule has 1 aromatic rings. The number of nitrogens with zero attached hydrogens (tertiary/aromatic N) is 1. The van der Waals surface area contributed by atoms with E-state index in [1.807, 2.05) is 19.9 Å². The molecule has 0 aliphatic heterocycles. The molecule has 1 aromatic carbocycles. The van der Waals surface area contributed by atoms with Gasteiger partial charge in [-0.15, -0.1) is 0 Å². The third-order valence-electron chi connectivity index (χ3n) is 2.83. The van der Waals surface area contributed by atoms with Crippen LogP contribution in [0, 0.1) is 22.5 Å². The van der Waals surface area contributed by atoms with Crippen LogP contribution in [0.5, 0.6) is 0 Å². The van der Waals surface area contributed by atoms with Crippen molar-refractivity contribution in [2.75, 3.05) is 13.2 Å². The lowest BCUT2D eigenvalue weighted by atomic mass is 9.95. The molecule has 0 heterocycles. The Bertz CT molecular complexity index is 430. The molecule has 100 valence electrons. The molecule has 0 unspecified atom stereocenters. The fourth-order valence-corrected chi connectivity index (χ4v) is 1.56. The first kappa shape index (κ1) is 14.6. The van der Waals surface area contributed by atoms with Crippen LogP contribution in [0.15, 0.2) is 18.2 Å². The van der Waals surface area contributed by atoms with E-state index in [0.717, 1.165) is 5.56 Å². The van der Waals surface area contributed by atoms with Gasteiger partial charge in [-0.3, -0.25) is 10.1 Å². The van der Waals surface area contributed by atoms with Gasteiger partial charge in [0.25, 0.3) is 5.69 Å². The van der Waals surface area contributed by atoms with Crippen LogP contribution in [0.2, 0.25) is 0 Å². The van der Waals surface area contributed by atoms with Crippen LogP contribution in [0.1, 0.15) is 25.0 Å². The Morgan fingerprint density at radius 2 is 2.11 bits per heavy atom. The number of aliphatic hydroxyl groups excluding tert-OH is 1. The number of aliphatic hydroxyl groups is 1. The first-order valence-electron chi connectivity index (χ1n) is 5.91. The molecule has 0 aliphatic rings. The molecule has 18 heavy (non-hydrogen) atoms. The summed E-state index contributed by atoms with van der Waals surface area (Å²) in [5.41, 5.74) is 1.51. The van der Waals surface area contributed by atoms with E-state index in [2.05, 4.69) is 5.32 Å². The molecule has 5 nitrogen and oxygen atoms in total. The molecule has 5 heteroatoms. The molecule has 0 saturated heterocycles. The first-order valence-corrected chi connectivity index (χ1v) is 5.91. The van der Waals surface area contributed by atoms with Crippen LogP contribution in [0.4, 0.5) is 5.69 Å². The fourth-order valence-electron chi connectivity index (χ4n) is 1.56. The lowest BCUT2D eigenvalue weighted by Crippen LogP contribution is -2.31. The van der Waals surface area contributed by atoms with Crippen LogP contribution in [0.25, 0.3) is 0 Å². The van der Waals surface area contributed by atoms with Crippen molar-refractivity contribution in [2.24, 2.45) is 5.41 Å². The Hall–Kier alpha value is -1.46. The summed E-state index contributed by atoms with van der Waals surface area (Å²) in [4.78, 5) is 10.4. The van der Waals surface area contributed by atoms with E-state index in [9.17, 15) is 10.1 Å². The van der Waals surface area contributed by atoms with Gasteiger partial charge in [0.05, 0.1) is 4.92 Å². The van der Waals surface area contributed by atoms with E-state index in [0.29, 0.717) is 18.7 Å². The first-order chi connectivity index (χ1) is 8.35. The predicted octanol–water partition coefficient (Wildman–Crippen LogP) is 2.01. The minimum absolute atomic E-state index is 0.105. The summed E-state index contributed by atoms with van der Waals surface area (Å²) in [6.45, 7) is 6.96. The third kappa shape index (κ3) is 4.09. The van der Waals surface area contributed by atoms with E-state index in [4.69, 9.17) is 5.11 Å². The smallest absolute Gasteiger partial charge is 0.272 e. The number of nitrogens with one attached hydrogen (secondary N) is 1. The van der Waals surface area contributed by atoms with Gasteiger partial charge in [-0.2, -0.15) is 0 Å². The van der Waals surface area contributed by atoms with Crippen molar-refractivity contribution >= 4 is 5.69 Å². The molecule has 0 aliphatic carbocycles. The molecule has 1 rings (SSSR count). The van der Waals surface area contributed by atoms with E-state index in [1.54, 1.807) is 19.1 Å². The molecule has 0 aromatic heterocycles. The maximum absolute atomic E-state index is 10.8. The molecular weight excluding hydrogens is 232 g/mol. The number of aryl methyl sites for hydroxylation is 1. The van der Waals surface area contributed by atoms with E-state index in [-0.39, 0.29) is 22.6 Å². The maximum Gasteiger partial charge on any atom is 0.272 e. The summed E-state index contributed by atoms with van der Waals surface area (Å²) >= 11 is 0. The fraction of sp³-hybridized carbons (Fsp3) is 0.538. The van der Waals surface area contributed by atoms with Crippen LogP contribution in [-0.4, -0.2) is 23.2 Å². The van der Waals surface area contributed by atoms with Crippen LogP contribution in [-0.2, 0) is 6.54 Å². The molecule has 2 N–H and O–H groups in total. The topological polar surface area (TPSA) is 75.4 Å². The van der Waals surface area contributed by atoms with E-state index in [1.165, 1.54) is 0 Å². The monoisotopic (exact) mass is 252 g/mol. The summed E-state index contributed by atoms with van der Waals surface area (Å²) in [6, 6.07) is 5.22. The Morgan fingerprint density at radius 1 is 1.44 bits per heavy atom. The van der Waals surface area contributed by atoms with Crippen LogP contribution < -0.4 is 5.32 Å². The molecule has 0 amide bonds. The summed E-state index contributed by atoms with van der Waals surface area (Å²) in [5.74, 6) is 0. The predicted molar refractivity (Wildman–Crippen MR) is 70.4 cm³/mol. The van der Waals surface area contributed by atoms with Crippen molar-refractivity contribution in [1.29, 1.82) is 0 Å². The molecule has 0 radical (unpaired) electrons. The van der Waals surface area contributed by atoms with Gasteiger partial charge in [0.15, 0.2) is 0 Å². The lowest BCUT2D eigenvalue weighted by Gasteiger charge is -2.21. The second-order valence-corrected chi connectivity index (χ2v) is 5.30.